The molecule has 2 heteroatoms. The molecule has 0 heterocycles. The summed E-state index contributed by atoms with van der Waals surface area (Å²) in [6, 6.07) is 0. The fraction of sp³-hybridized carbons (Fsp3) is 0.889. The van der Waals surface area contributed by atoms with Crippen molar-refractivity contribution in [2.75, 3.05) is 6.54 Å². The first-order valence-electron chi connectivity index (χ1n) is 4.23. The second-order valence-electron chi connectivity index (χ2n) is 3.83. The molecule has 0 aliphatic carbocycles. The third-order valence-corrected chi connectivity index (χ3v) is 1.76. The maximum Gasteiger partial charge on any atom is 0.133 e. The summed E-state index contributed by atoms with van der Waals surface area (Å²) in [6.45, 7) is 6.66. The summed E-state index contributed by atoms with van der Waals surface area (Å²) in [7, 11) is 0. The summed E-state index contributed by atoms with van der Waals surface area (Å²) in [4.78, 5) is 11.2. The highest BCUT2D eigenvalue weighted by molar-refractivity contribution is 5.78. The van der Waals surface area contributed by atoms with Crippen LogP contribution in [0.1, 0.15) is 40.0 Å². The fourth-order valence-electron chi connectivity index (χ4n) is 0.973. The van der Waals surface area contributed by atoms with Crippen LogP contribution in [0, 0.1) is 5.41 Å². The smallest absolute Gasteiger partial charge is 0.133 e. The topological polar surface area (TPSA) is 43.1 Å². The molecule has 0 aromatic carbocycles. The molecule has 0 spiro atoms. The minimum atomic E-state index is -0.00769. The molecule has 0 radical (unpaired) electrons. The Labute approximate surface area is 69.2 Å². The van der Waals surface area contributed by atoms with Crippen molar-refractivity contribution in [3.05, 3.63) is 0 Å². The largest absolute Gasteiger partial charge is 0.330 e. The van der Waals surface area contributed by atoms with Gasteiger partial charge in [-0.2, -0.15) is 0 Å². The van der Waals surface area contributed by atoms with Crippen LogP contribution >= 0.6 is 0 Å². The van der Waals surface area contributed by atoms with Gasteiger partial charge in [-0.25, -0.2) is 0 Å². The van der Waals surface area contributed by atoms with E-state index in [-0.39, 0.29) is 5.41 Å². The summed E-state index contributed by atoms with van der Waals surface area (Å²) in [5.41, 5.74) is 5.49. The Morgan fingerprint density at radius 2 is 2.00 bits per heavy atom. The van der Waals surface area contributed by atoms with E-state index >= 15 is 0 Å². The predicted octanol–water partition coefficient (Wildman–Crippen LogP) is 1.73. The molecule has 2 N–H and O–H groups in total. The van der Waals surface area contributed by atoms with Gasteiger partial charge in [0.25, 0.3) is 0 Å². The summed E-state index contributed by atoms with van der Waals surface area (Å²) in [6.07, 6.45) is 2.26. The van der Waals surface area contributed by atoms with E-state index in [2.05, 4.69) is 0 Å². The van der Waals surface area contributed by atoms with E-state index in [4.69, 9.17) is 5.73 Å². The number of rotatable bonds is 5. The first kappa shape index (κ1) is 10.6. The predicted molar refractivity (Wildman–Crippen MR) is 47.4 cm³/mol. The molecule has 2 nitrogen and oxygen atoms in total. The Hall–Kier alpha value is -0.370. The zero-order valence-electron chi connectivity index (χ0n) is 7.81. The van der Waals surface area contributed by atoms with E-state index in [1.165, 1.54) is 0 Å². The Bertz CT molecular complexity index is 130. The number of carbonyl (C=O) groups excluding carboxylic acids is 1. The number of Topliss-reactive ketones (excluding diaryl/α,β-unsaturated/α-hetero) is 1. The van der Waals surface area contributed by atoms with Crippen LogP contribution in [-0.2, 0) is 4.79 Å². The first-order chi connectivity index (χ1) is 5.02. The molecule has 0 aromatic heterocycles. The van der Waals surface area contributed by atoms with Crippen LogP contribution in [-0.4, -0.2) is 12.3 Å². The third-order valence-electron chi connectivity index (χ3n) is 1.76. The number of hydrogen-bond acceptors (Lipinski definition) is 2. The first-order valence-corrected chi connectivity index (χ1v) is 4.23. The van der Waals surface area contributed by atoms with E-state index in [1.807, 2.05) is 20.8 Å². The lowest BCUT2D eigenvalue weighted by atomic mass is 9.86. The molecule has 0 fully saturated rings. The van der Waals surface area contributed by atoms with E-state index in [9.17, 15) is 4.79 Å². The molecule has 0 rings (SSSR count). The molecular formula is C9H19NO. The highest BCUT2D eigenvalue weighted by Gasteiger charge is 2.18. The van der Waals surface area contributed by atoms with Gasteiger partial charge >= 0.3 is 0 Å². The maximum absolute atomic E-state index is 11.2. The maximum atomic E-state index is 11.2. The molecule has 0 saturated heterocycles. The van der Waals surface area contributed by atoms with Crippen LogP contribution in [0.4, 0.5) is 0 Å². The van der Waals surface area contributed by atoms with Crippen LogP contribution < -0.4 is 5.73 Å². The van der Waals surface area contributed by atoms with Crippen LogP contribution in [0.3, 0.4) is 0 Å². The number of hydrogen-bond donors (Lipinski definition) is 1. The summed E-state index contributed by atoms with van der Waals surface area (Å²) in [5.74, 6) is 0.336. The van der Waals surface area contributed by atoms with Crippen molar-refractivity contribution in [1.29, 1.82) is 0 Å². The zero-order chi connectivity index (χ0) is 8.91. The van der Waals surface area contributed by atoms with Gasteiger partial charge in [-0.15, -0.1) is 0 Å². The van der Waals surface area contributed by atoms with E-state index in [0.29, 0.717) is 25.2 Å². The van der Waals surface area contributed by atoms with Crippen LogP contribution in [0.25, 0.3) is 0 Å². The highest BCUT2D eigenvalue weighted by atomic mass is 16.1. The number of ketones is 1. The molecule has 0 unspecified atom stereocenters. The molecule has 0 amide bonds. The lowest BCUT2D eigenvalue weighted by molar-refractivity contribution is -0.120. The van der Waals surface area contributed by atoms with Crippen molar-refractivity contribution in [1.82, 2.24) is 0 Å². The van der Waals surface area contributed by atoms with Gasteiger partial charge in [0, 0.05) is 12.8 Å². The molecular weight excluding hydrogens is 138 g/mol. The average Bonchev–Trinajstić information content (AvgIpc) is 1.87. The Balaban J connectivity index is 3.74. The number of carbonyl (C=O) groups is 1. The molecule has 0 aromatic rings. The molecule has 0 bridgehead atoms. The minimum absolute atomic E-state index is 0.00769. The molecule has 0 aliphatic rings. The molecule has 0 atom stereocenters. The van der Waals surface area contributed by atoms with Crippen LogP contribution in [0.2, 0.25) is 0 Å². The van der Waals surface area contributed by atoms with E-state index in [0.717, 1.165) is 6.42 Å². The van der Waals surface area contributed by atoms with Crippen molar-refractivity contribution in [3.8, 4) is 0 Å². The van der Waals surface area contributed by atoms with Crippen molar-refractivity contribution in [3.63, 3.8) is 0 Å². The third kappa shape index (κ3) is 4.96. The summed E-state index contributed by atoms with van der Waals surface area (Å²) >= 11 is 0. The SMILES string of the molecule is CCCC(=O)CC(C)(C)CN. The monoisotopic (exact) mass is 157 g/mol. The fourth-order valence-corrected chi connectivity index (χ4v) is 0.973. The van der Waals surface area contributed by atoms with E-state index < -0.39 is 0 Å². The molecule has 0 saturated carbocycles. The molecule has 11 heavy (non-hydrogen) atoms. The second kappa shape index (κ2) is 4.50. The molecule has 66 valence electrons. The van der Waals surface area contributed by atoms with E-state index in [1.54, 1.807) is 0 Å². The Kier molecular flexibility index (Phi) is 4.34. The molecule has 0 aliphatic heterocycles. The summed E-state index contributed by atoms with van der Waals surface area (Å²) < 4.78 is 0. The van der Waals surface area contributed by atoms with Gasteiger partial charge < -0.3 is 5.73 Å². The van der Waals surface area contributed by atoms with Crippen molar-refractivity contribution in [2.24, 2.45) is 11.1 Å². The van der Waals surface area contributed by atoms with Crippen LogP contribution in [0.15, 0.2) is 0 Å². The minimum Gasteiger partial charge on any atom is -0.330 e. The van der Waals surface area contributed by atoms with Gasteiger partial charge in [-0.05, 0) is 18.4 Å². The van der Waals surface area contributed by atoms with Gasteiger partial charge in [-0.3, -0.25) is 4.79 Å². The van der Waals surface area contributed by atoms with Gasteiger partial charge in [0.1, 0.15) is 5.78 Å². The van der Waals surface area contributed by atoms with Crippen molar-refractivity contribution >= 4 is 5.78 Å². The van der Waals surface area contributed by atoms with Gasteiger partial charge in [-0.1, -0.05) is 20.8 Å². The van der Waals surface area contributed by atoms with Crippen molar-refractivity contribution < 1.29 is 4.79 Å². The second-order valence-corrected chi connectivity index (χ2v) is 3.83. The Morgan fingerprint density at radius 3 is 2.36 bits per heavy atom. The van der Waals surface area contributed by atoms with Gasteiger partial charge in [0.15, 0.2) is 0 Å². The zero-order valence-corrected chi connectivity index (χ0v) is 7.81. The highest BCUT2D eigenvalue weighted by Crippen LogP contribution is 2.19. The normalized spacial score (nSPS) is 11.6. The Morgan fingerprint density at radius 1 is 1.45 bits per heavy atom. The van der Waals surface area contributed by atoms with Gasteiger partial charge in [0.2, 0.25) is 0 Å². The van der Waals surface area contributed by atoms with Gasteiger partial charge in [0.05, 0.1) is 0 Å². The lowest BCUT2D eigenvalue weighted by Gasteiger charge is -2.20. The quantitative estimate of drug-likeness (QED) is 0.660. The van der Waals surface area contributed by atoms with Crippen molar-refractivity contribution in [2.45, 2.75) is 40.0 Å². The summed E-state index contributed by atoms with van der Waals surface area (Å²) in [5, 5.41) is 0. The number of nitrogens with two attached hydrogens (primary N) is 1. The van der Waals surface area contributed by atoms with Crippen LogP contribution in [0.5, 0.6) is 0 Å². The lowest BCUT2D eigenvalue weighted by Crippen LogP contribution is -2.26. The average molecular weight is 157 g/mol. The standard InChI is InChI=1S/C9H19NO/c1-4-5-8(11)6-9(2,3)7-10/h4-7,10H2,1-3H3.